The summed E-state index contributed by atoms with van der Waals surface area (Å²) < 4.78 is 0. The van der Waals surface area contributed by atoms with Crippen molar-refractivity contribution >= 4 is 17.3 Å². The average Bonchev–Trinajstić information content (AvgIpc) is 2.79. The molecule has 0 spiro atoms. The van der Waals surface area contributed by atoms with E-state index >= 15 is 0 Å². The van der Waals surface area contributed by atoms with Gasteiger partial charge in [-0.2, -0.15) is 0 Å². The Kier molecular flexibility index (Phi) is 4.26. The van der Waals surface area contributed by atoms with Gasteiger partial charge in [0.15, 0.2) is 0 Å². The van der Waals surface area contributed by atoms with Crippen LogP contribution in [0.2, 0.25) is 5.02 Å². The van der Waals surface area contributed by atoms with E-state index in [4.69, 9.17) is 17.3 Å². The molecule has 0 amide bonds. The second-order valence-corrected chi connectivity index (χ2v) is 5.02. The Morgan fingerprint density at radius 1 is 1.47 bits per heavy atom. The number of benzene rings is 1. The smallest absolute Gasteiger partial charge is 0.0639 e. The molecule has 1 aromatic carbocycles. The molecule has 3 nitrogen and oxygen atoms in total. The lowest BCUT2D eigenvalue weighted by Crippen LogP contribution is -2.37. The number of rotatable bonds is 4. The van der Waals surface area contributed by atoms with Crippen LogP contribution in [0.5, 0.6) is 0 Å². The van der Waals surface area contributed by atoms with Gasteiger partial charge in [-0.1, -0.05) is 23.7 Å². The number of nitrogens with zero attached hydrogens (tertiary/aromatic N) is 2. The summed E-state index contributed by atoms with van der Waals surface area (Å²) in [4.78, 5) is 4.71. The van der Waals surface area contributed by atoms with Crippen molar-refractivity contribution in [2.24, 2.45) is 5.73 Å². The third-order valence-electron chi connectivity index (χ3n) is 3.46. The van der Waals surface area contributed by atoms with E-state index in [0.29, 0.717) is 6.04 Å². The molecule has 1 aliphatic rings. The van der Waals surface area contributed by atoms with Crippen LogP contribution in [-0.4, -0.2) is 44.2 Å². The highest BCUT2D eigenvalue weighted by molar-refractivity contribution is 6.33. The minimum absolute atomic E-state index is 0.592. The Morgan fingerprint density at radius 3 is 2.94 bits per heavy atom. The summed E-state index contributed by atoms with van der Waals surface area (Å²) in [5.74, 6) is 0. The van der Waals surface area contributed by atoms with Crippen LogP contribution in [0.1, 0.15) is 6.42 Å². The molecule has 0 aliphatic carbocycles. The number of para-hydroxylation sites is 1. The Labute approximate surface area is 108 Å². The van der Waals surface area contributed by atoms with Gasteiger partial charge in [0.05, 0.1) is 10.7 Å². The van der Waals surface area contributed by atoms with Crippen LogP contribution in [0.3, 0.4) is 0 Å². The quantitative estimate of drug-likeness (QED) is 0.888. The molecule has 1 fully saturated rings. The largest absolute Gasteiger partial charge is 0.369 e. The number of anilines is 1. The lowest BCUT2D eigenvalue weighted by Gasteiger charge is -2.25. The Morgan fingerprint density at radius 2 is 2.24 bits per heavy atom. The Bertz CT molecular complexity index is 369. The fraction of sp³-hybridized carbons (Fsp3) is 0.538. The van der Waals surface area contributed by atoms with Crippen LogP contribution < -0.4 is 10.6 Å². The zero-order chi connectivity index (χ0) is 12.3. The van der Waals surface area contributed by atoms with Crippen molar-refractivity contribution < 1.29 is 0 Å². The number of halogens is 1. The lowest BCUT2D eigenvalue weighted by molar-refractivity contribution is 0.266. The summed E-state index contributed by atoms with van der Waals surface area (Å²) >= 11 is 6.22. The van der Waals surface area contributed by atoms with Gasteiger partial charge in [0.1, 0.15) is 0 Å². The van der Waals surface area contributed by atoms with Crippen molar-refractivity contribution in [2.75, 3.05) is 38.1 Å². The Hall–Kier alpha value is -0.770. The van der Waals surface area contributed by atoms with Crippen LogP contribution in [0.15, 0.2) is 24.3 Å². The molecule has 1 atom stereocenters. The molecule has 1 aromatic rings. The highest BCUT2D eigenvalue weighted by Crippen LogP contribution is 2.29. The third-order valence-corrected chi connectivity index (χ3v) is 3.78. The van der Waals surface area contributed by atoms with E-state index in [2.05, 4.69) is 22.9 Å². The van der Waals surface area contributed by atoms with E-state index in [0.717, 1.165) is 36.9 Å². The standard InChI is InChI=1S/C13H20ClN3/c1-16(9-7-15)11-6-8-17(10-11)13-5-3-2-4-12(13)14/h2-5,11H,6-10,15H2,1H3. The topological polar surface area (TPSA) is 32.5 Å². The summed E-state index contributed by atoms with van der Waals surface area (Å²) in [7, 11) is 2.15. The summed E-state index contributed by atoms with van der Waals surface area (Å²) in [5, 5.41) is 0.842. The fourth-order valence-electron chi connectivity index (χ4n) is 2.41. The molecule has 0 radical (unpaired) electrons. The van der Waals surface area contributed by atoms with Crippen molar-refractivity contribution in [1.82, 2.24) is 4.90 Å². The summed E-state index contributed by atoms with van der Waals surface area (Å²) in [5.41, 5.74) is 6.74. The monoisotopic (exact) mass is 253 g/mol. The van der Waals surface area contributed by atoms with Gasteiger partial charge in [0, 0.05) is 32.2 Å². The molecule has 0 aromatic heterocycles. The molecule has 2 rings (SSSR count). The molecule has 1 heterocycles. The van der Waals surface area contributed by atoms with Gasteiger partial charge in [-0.15, -0.1) is 0 Å². The SMILES string of the molecule is CN(CCN)C1CCN(c2ccccc2Cl)C1. The Balaban J connectivity index is 2.00. The van der Waals surface area contributed by atoms with Crippen LogP contribution >= 0.6 is 11.6 Å². The number of hydrogen-bond donors (Lipinski definition) is 1. The van der Waals surface area contributed by atoms with Crippen LogP contribution in [0.4, 0.5) is 5.69 Å². The first-order valence-corrected chi connectivity index (χ1v) is 6.50. The van der Waals surface area contributed by atoms with Gasteiger partial charge >= 0.3 is 0 Å². The third kappa shape index (κ3) is 2.92. The zero-order valence-electron chi connectivity index (χ0n) is 10.3. The van der Waals surface area contributed by atoms with E-state index in [1.165, 1.54) is 6.42 Å². The molecule has 1 aliphatic heterocycles. The molecule has 17 heavy (non-hydrogen) atoms. The van der Waals surface area contributed by atoms with Crippen molar-refractivity contribution in [3.8, 4) is 0 Å². The fourth-order valence-corrected chi connectivity index (χ4v) is 2.67. The lowest BCUT2D eigenvalue weighted by atomic mass is 10.2. The molecule has 0 bridgehead atoms. The second-order valence-electron chi connectivity index (χ2n) is 4.61. The van der Waals surface area contributed by atoms with Crippen molar-refractivity contribution in [3.63, 3.8) is 0 Å². The first-order valence-electron chi connectivity index (χ1n) is 6.12. The minimum Gasteiger partial charge on any atom is -0.369 e. The van der Waals surface area contributed by atoms with Gasteiger partial charge in [0.25, 0.3) is 0 Å². The van der Waals surface area contributed by atoms with Gasteiger partial charge < -0.3 is 15.5 Å². The van der Waals surface area contributed by atoms with Crippen molar-refractivity contribution in [2.45, 2.75) is 12.5 Å². The first-order chi connectivity index (χ1) is 8.22. The molecule has 1 saturated heterocycles. The zero-order valence-corrected chi connectivity index (χ0v) is 11.0. The molecular formula is C13H20ClN3. The minimum atomic E-state index is 0.592. The summed E-state index contributed by atoms with van der Waals surface area (Å²) in [6.45, 7) is 3.80. The van der Waals surface area contributed by atoms with Crippen molar-refractivity contribution in [1.29, 1.82) is 0 Å². The molecular weight excluding hydrogens is 234 g/mol. The van der Waals surface area contributed by atoms with Crippen LogP contribution in [-0.2, 0) is 0 Å². The molecule has 1 unspecified atom stereocenters. The van der Waals surface area contributed by atoms with E-state index in [1.54, 1.807) is 0 Å². The molecule has 94 valence electrons. The average molecular weight is 254 g/mol. The van der Waals surface area contributed by atoms with E-state index < -0.39 is 0 Å². The predicted octanol–water partition coefficient (Wildman–Crippen LogP) is 1.81. The van der Waals surface area contributed by atoms with Gasteiger partial charge in [0.2, 0.25) is 0 Å². The van der Waals surface area contributed by atoms with Crippen LogP contribution in [0.25, 0.3) is 0 Å². The number of nitrogens with two attached hydrogens (primary N) is 1. The number of hydrogen-bond acceptors (Lipinski definition) is 3. The van der Waals surface area contributed by atoms with E-state index in [1.807, 2.05) is 18.2 Å². The van der Waals surface area contributed by atoms with Gasteiger partial charge in [-0.25, -0.2) is 0 Å². The van der Waals surface area contributed by atoms with E-state index in [-0.39, 0.29) is 0 Å². The van der Waals surface area contributed by atoms with Crippen molar-refractivity contribution in [3.05, 3.63) is 29.3 Å². The van der Waals surface area contributed by atoms with Gasteiger partial charge in [-0.3, -0.25) is 0 Å². The molecule has 4 heteroatoms. The van der Waals surface area contributed by atoms with Gasteiger partial charge in [-0.05, 0) is 25.6 Å². The normalized spacial score (nSPS) is 20.2. The summed E-state index contributed by atoms with van der Waals surface area (Å²) in [6, 6.07) is 8.65. The van der Waals surface area contributed by atoms with E-state index in [9.17, 15) is 0 Å². The highest BCUT2D eigenvalue weighted by Gasteiger charge is 2.26. The predicted molar refractivity (Wildman–Crippen MR) is 73.8 cm³/mol. The second kappa shape index (κ2) is 5.71. The maximum Gasteiger partial charge on any atom is 0.0639 e. The maximum atomic E-state index is 6.22. The highest BCUT2D eigenvalue weighted by atomic mass is 35.5. The number of likely N-dealkylation sites (N-methyl/N-ethyl adjacent to an activating group) is 1. The summed E-state index contributed by atoms with van der Waals surface area (Å²) in [6.07, 6.45) is 1.18. The maximum absolute atomic E-state index is 6.22. The molecule has 0 saturated carbocycles. The first kappa shape index (κ1) is 12.7. The molecule has 2 N–H and O–H groups in total. The van der Waals surface area contributed by atoms with Crippen LogP contribution in [0, 0.1) is 0 Å².